The summed E-state index contributed by atoms with van der Waals surface area (Å²) < 4.78 is 49.0. The molecule has 0 radical (unpaired) electrons. The number of methoxy groups -OCH3 is 1. The fourth-order valence-corrected chi connectivity index (χ4v) is 6.02. The maximum atomic E-state index is 14.5. The highest BCUT2D eigenvalue weighted by Crippen LogP contribution is 2.31. The van der Waals surface area contributed by atoms with Crippen molar-refractivity contribution in [1.29, 1.82) is 0 Å². The third kappa shape index (κ3) is 7.15. The fraction of sp³-hybridized carbons (Fsp3) is 0.286. The Kier molecular flexibility index (Phi) is 10.1. The standard InChI is InChI=1S/C28H31BrFN3O5S/c1-5-31-28(35)20(3)32(17-21-8-6-7-9-25(21)30)27(34)18-33(22-12-10-19(2)11-13-22)39(36,37)23-14-15-26(38-4)24(29)16-23/h6-16,20H,5,17-18H2,1-4H3,(H,31,35)/t20-/m1/s1. The minimum absolute atomic E-state index is 0.0685. The Bertz CT molecular complexity index is 1430. The summed E-state index contributed by atoms with van der Waals surface area (Å²) in [5.74, 6) is -1.21. The van der Waals surface area contributed by atoms with Crippen molar-refractivity contribution in [2.24, 2.45) is 0 Å². The van der Waals surface area contributed by atoms with E-state index >= 15 is 0 Å². The molecule has 0 aliphatic heterocycles. The van der Waals surface area contributed by atoms with E-state index < -0.39 is 40.2 Å². The summed E-state index contributed by atoms with van der Waals surface area (Å²) in [5.41, 5.74) is 1.36. The first-order valence-electron chi connectivity index (χ1n) is 12.2. The highest BCUT2D eigenvalue weighted by molar-refractivity contribution is 9.10. The number of carbonyl (C=O) groups excluding carboxylic acids is 2. The second kappa shape index (κ2) is 13.1. The Morgan fingerprint density at radius 3 is 2.33 bits per heavy atom. The number of benzene rings is 3. The maximum Gasteiger partial charge on any atom is 0.264 e. The van der Waals surface area contributed by atoms with Crippen molar-refractivity contribution in [2.45, 2.75) is 38.3 Å². The molecule has 3 aromatic rings. The van der Waals surface area contributed by atoms with Crippen LogP contribution < -0.4 is 14.4 Å². The van der Waals surface area contributed by atoms with Gasteiger partial charge in [0.2, 0.25) is 11.8 Å². The summed E-state index contributed by atoms with van der Waals surface area (Å²) in [5, 5.41) is 2.67. The number of carbonyl (C=O) groups is 2. The van der Waals surface area contributed by atoms with E-state index in [0.29, 0.717) is 16.8 Å². The highest BCUT2D eigenvalue weighted by atomic mass is 79.9. The molecule has 0 saturated heterocycles. The van der Waals surface area contributed by atoms with E-state index in [2.05, 4.69) is 21.2 Å². The van der Waals surface area contributed by atoms with E-state index in [1.54, 1.807) is 37.3 Å². The van der Waals surface area contributed by atoms with E-state index in [-0.39, 0.29) is 22.7 Å². The summed E-state index contributed by atoms with van der Waals surface area (Å²) >= 11 is 3.32. The zero-order valence-corrected chi connectivity index (χ0v) is 24.6. The van der Waals surface area contributed by atoms with Crippen LogP contribution in [0.25, 0.3) is 0 Å². The van der Waals surface area contributed by atoms with Crippen LogP contribution in [0.3, 0.4) is 0 Å². The van der Waals surface area contributed by atoms with Gasteiger partial charge in [0.15, 0.2) is 0 Å². The molecule has 0 bridgehead atoms. The third-order valence-electron chi connectivity index (χ3n) is 6.13. The van der Waals surface area contributed by atoms with Crippen LogP contribution in [0.2, 0.25) is 0 Å². The van der Waals surface area contributed by atoms with E-state index in [9.17, 15) is 22.4 Å². The second-order valence-electron chi connectivity index (χ2n) is 8.83. The molecule has 0 fully saturated rings. The molecule has 11 heteroatoms. The zero-order chi connectivity index (χ0) is 28.7. The number of nitrogens with one attached hydrogen (secondary N) is 1. The van der Waals surface area contributed by atoms with Crippen LogP contribution in [0.5, 0.6) is 5.75 Å². The number of anilines is 1. The molecule has 1 atom stereocenters. The van der Waals surface area contributed by atoms with Gasteiger partial charge in [0, 0.05) is 18.7 Å². The number of ether oxygens (including phenoxy) is 1. The quantitative estimate of drug-likeness (QED) is 0.337. The number of hydrogen-bond acceptors (Lipinski definition) is 5. The summed E-state index contributed by atoms with van der Waals surface area (Å²) in [7, 11) is -2.79. The van der Waals surface area contributed by atoms with Crippen LogP contribution in [-0.4, -0.2) is 51.4 Å². The molecule has 0 spiro atoms. The Balaban J connectivity index is 2.06. The van der Waals surface area contributed by atoms with Gasteiger partial charge in [-0.3, -0.25) is 13.9 Å². The zero-order valence-electron chi connectivity index (χ0n) is 22.1. The number of aryl methyl sites for hydroxylation is 1. The lowest BCUT2D eigenvalue weighted by atomic mass is 10.1. The molecular weight excluding hydrogens is 589 g/mol. The molecule has 3 rings (SSSR count). The second-order valence-corrected chi connectivity index (χ2v) is 11.5. The Hall–Kier alpha value is -3.44. The van der Waals surface area contributed by atoms with Gasteiger partial charge in [-0.05, 0) is 73.1 Å². The summed E-state index contributed by atoms with van der Waals surface area (Å²) in [4.78, 5) is 27.6. The minimum atomic E-state index is -4.25. The molecule has 0 heterocycles. The molecule has 0 aromatic heterocycles. The summed E-state index contributed by atoms with van der Waals surface area (Å²) in [6.45, 7) is 4.62. The Labute approximate surface area is 236 Å². The van der Waals surface area contributed by atoms with Crippen molar-refractivity contribution in [2.75, 3.05) is 24.5 Å². The van der Waals surface area contributed by atoms with E-state index in [0.717, 1.165) is 9.87 Å². The van der Waals surface area contributed by atoms with Gasteiger partial charge >= 0.3 is 0 Å². The first-order chi connectivity index (χ1) is 18.5. The smallest absolute Gasteiger partial charge is 0.264 e. The van der Waals surface area contributed by atoms with Gasteiger partial charge in [-0.15, -0.1) is 0 Å². The lowest BCUT2D eigenvalue weighted by Crippen LogP contribution is -2.51. The molecule has 2 amide bonds. The Morgan fingerprint density at radius 2 is 1.74 bits per heavy atom. The van der Waals surface area contributed by atoms with Gasteiger partial charge < -0.3 is 15.0 Å². The molecule has 3 aromatic carbocycles. The van der Waals surface area contributed by atoms with E-state index in [4.69, 9.17) is 4.74 Å². The lowest BCUT2D eigenvalue weighted by Gasteiger charge is -2.32. The molecule has 208 valence electrons. The van der Waals surface area contributed by atoms with Crippen molar-refractivity contribution in [3.63, 3.8) is 0 Å². The van der Waals surface area contributed by atoms with Gasteiger partial charge in [0.05, 0.1) is 22.2 Å². The molecule has 0 saturated carbocycles. The fourth-order valence-electron chi connectivity index (χ4n) is 3.89. The third-order valence-corrected chi connectivity index (χ3v) is 8.52. The monoisotopic (exact) mass is 619 g/mol. The predicted molar refractivity (Wildman–Crippen MR) is 152 cm³/mol. The lowest BCUT2D eigenvalue weighted by molar-refractivity contribution is -0.139. The Morgan fingerprint density at radius 1 is 1.08 bits per heavy atom. The molecule has 0 unspecified atom stereocenters. The average molecular weight is 621 g/mol. The van der Waals surface area contributed by atoms with Crippen molar-refractivity contribution in [3.05, 3.63) is 88.1 Å². The largest absolute Gasteiger partial charge is 0.496 e. The average Bonchev–Trinajstić information content (AvgIpc) is 2.91. The first-order valence-corrected chi connectivity index (χ1v) is 14.5. The number of sulfonamides is 1. The SMILES string of the molecule is CCNC(=O)[C@@H](C)N(Cc1ccccc1F)C(=O)CN(c1ccc(C)cc1)S(=O)(=O)c1ccc(OC)c(Br)c1. The molecular formula is C28H31BrFN3O5S. The topological polar surface area (TPSA) is 96.0 Å². The number of nitrogens with zero attached hydrogens (tertiary/aromatic N) is 2. The van der Waals surface area contributed by atoms with Gasteiger partial charge in [0.1, 0.15) is 24.2 Å². The van der Waals surface area contributed by atoms with Crippen molar-refractivity contribution >= 4 is 43.5 Å². The van der Waals surface area contributed by atoms with Crippen LogP contribution in [0, 0.1) is 12.7 Å². The minimum Gasteiger partial charge on any atom is -0.496 e. The number of hydrogen-bond donors (Lipinski definition) is 1. The molecule has 0 aliphatic carbocycles. The normalized spacial score (nSPS) is 11.9. The van der Waals surface area contributed by atoms with Gasteiger partial charge in [-0.25, -0.2) is 12.8 Å². The van der Waals surface area contributed by atoms with Gasteiger partial charge in [0.25, 0.3) is 10.0 Å². The predicted octanol–water partition coefficient (Wildman–Crippen LogP) is 4.65. The highest BCUT2D eigenvalue weighted by Gasteiger charge is 2.33. The maximum absolute atomic E-state index is 14.5. The number of rotatable bonds is 11. The van der Waals surface area contributed by atoms with Gasteiger partial charge in [-0.1, -0.05) is 35.9 Å². The molecule has 1 N–H and O–H groups in total. The molecule has 8 nitrogen and oxygen atoms in total. The van der Waals surface area contributed by atoms with Crippen LogP contribution >= 0.6 is 15.9 Å². The van der Waals surface area contributed by atoms with Crippen molar-refractivity contribution in [3.8, 4) is 5.75 Å². The van der Waals surface area contributed by atoms with Crippen LogP contribution in [0.4, 0.5) is 10.1 Å². The summed E-state index contributed by atoms with van der Waals surface area (Å²) in [6, 6.07) is 15.9. The van der Waals surface area contributed by atoms with Crippen molar-refractivity contribution < 1.29 is 27.1 Å². The number of likely N-dealkylation sites (N-methyl/N-ethyl adjacent to an activating group) is 1. The van der Waals surface area contributed by atoms with Crippen LogP contribution in [0.15, 0.2) is 76.1 Å². The van der Waals surface area contributed by atoms with Gasteiger partial charge in [-0.2, -0.15) is 0 Å². The van der Waals surface area contributed by atoms with E-state index in [1.807, 2.05) is 6.92 Å². The van der Waals surface area contributed by atoms with Crippen molar-refractivity contribution in [1.82, 2.24) is 10.2 Å². The van der Waals surface area contributed by atoms with Crippen LogP contribution in [0.1, 0.15) is 25.0 Å². The van der Waals surface area contributed by atoms with Crippen LogP contribution in [-0.2, 0) is 26.2 Å². The number of halogens is 2. The molecule has 0 aliphatic rings. The first kappa shape index (κ1) is 30.1. The molecule has 39 heavy (non-hydrogen) atoms. The summed E-state index contributed by atoms with van der Waals surface area (Å²) in [6.07, 6.45) is 0. The van der Waals surface area contributed by atoms with E-state index in [1.165, 1.54) is 55.3 Å². The number of amides is 2.